The Bertz CT molecular complexity index is 1090. The second-order valence-corrected chi connectivity index (χ2v) is 6.64. The zero-order valence-electron chi connectivity index (χ0n) is 14.3. The summed E-state index contributed by atoms with van der Waals surface area (Å²) in [6.07, 6.45) is 1.51. The van der Waals surface area contributed by atoms with Crippen molar-refractivity contribution in [3.63, 3.8) is 0 Å². The van der Waals surface area contributed by atoms with Crippen LogP contribution in [0.1, 0.15) is 15.9 Å². The lowest BCUT2D eigenvalue weighted by Crippen LogP contribution is -2.09. The minimum atomic E-state index is -1.01. The molecule has 12 heteroatoms. The van der Waals surface area contributed by atoms with Gasteiger partial charge < -0.3 is 10.5 Å². The van der Waals surface area contributed by atoms with Gasteiger partial charge in [0.2, 0.25) is 0 Å². The monoisotopic (exact) mass is 414 g/mol. The minimum absolute atomic E-state index is 0.0721. The van der Waals surface area contributed by atoms with Gasteiger partial charge in [0.15, 0.2) is 5.17 Å². The van der Waals surface area contributed by atoms with Crippen LogP contribution < -0.4 is 10.5 Å². The Morgan fingerprint density at radius 2 is 1.76 bits per heavy atom. The lowest BCUT2D eigenvalue weighted by atomic mass is 10.1. The van der Waals surface area contributed by atoms with Crippen LogP contribution in [0, 0.1) is 20.2 Å². The molecule has 0 bridgehead atoms. The zero-order chi connectivity index (χ0) is 21.1. The van der Waals surface area contributed by atoms with Gasteiger partial charge in [0.05, 0.1) is 26.4 Å². The molecule has 0 spiro atoms. The van der Waals surface area contributed by atoms with Gasteiger partial charge >= 0.3 is 5.97 Å². The fourth-order valence-electron chi connectivity index (χ4n) is 2.33. The summed E-state index contributed by atoms with van der Waals surface area (Å²) in [6, 6.07) is 8.60. The Balaban J connectivity index is 1.85. The van der Waals surface area contributed by atoms with Crippen LogP contribution in [0.3, 0.4) is 0 Å². The second-order valence-electron chi connectivity index (χ2n) is 5.58. The van der Waals surface area contributed by atoms with Crippen molar-refractivity contribution in [1.82, 2.24) is 0 Å². The van der Waals surface area contributed by atoms with Crippen molar-refractivity contribution < 1.29 is 24.2 Å². The number of non-ortho nitro benzene ring substituents is 2. The summed E-state index contributed by atoms with van der Waals surface area (Å²) in [4.78, 5) is 48.1. The van der Waals surface area contributed by atoms with Crippen molar-refractivity contribution in [2.24, 2.45) is 10.7 Å². The number of benzene rings is 2. The van der Waals surface area contributed by atoms with Crippen LogP contribution in [0.5, 0.6) is 5.75 Å². The first-order valence-electron chi connectivity index (χ1n) is 7.77. The van der Waals surface area contributed by atoms with Gasteiger partial charge in [-0.15, -0.1) is 0 Å². The standard InChI is InChI=1S/C17H10N4O7S/c18-17-19-15(22)14(29-17)5-9-2-1-3-13(4-9)28-16(23)10-6-11(20(24)25)8-12(7-10)21(26)27/h1-8H,(H2,18,19,22). The largest absolute Gasteiger partial charge is 0.423 e. The second kappa shape index (κ2) is 7.90. The summed E-state index contributed by atoms with van der Waals surface area (Å²) in [5, 5.41) is 22.0. The van der Waals surface area contributed by atoms with E-state index in [1.165, 1.54) is 18.2 Å². The number of carbonyl (C=O) groups is 2. The van der Waals surface area contributed by atoms with E-state index in [0.29, 0.717) is 10.5 Å². The number of amidine groups is 1. The molecule has 0 unspecified atom stereocenters. The maximum absolute atomic E-state index is 12.3. The molecule has 0 saturated carbocycles. The third-order valence-electron chi connectivity index (χ3n) is 3.56. The van der Waals surface area contributed by atoms with Crippen LogP contribution in [0.4, 0.5) is 11.4 Å². The Hall–Kier alpha value is -4.06. The van der Waals surface area contributed by atoms with Gasteiger partial charge in [-0.3, -0.25) is 25.0 Å². The molecule has 1 heterocycles. The average Bonchev–Trinajstić information content (AvgIpc) is 2.98. The normalized spacial score (nSPS) is 14.6. The fourth-order valence-corrected chi connectivity index (χ4v) is 3.02. The Morgan fingerprint density at radius 3 is 2.31 bits per heavy atom. The third kappa shape index (κ3) is 4.62. The molecule has 2 aromatic rings. The number of nitro benzene ring substituents is 2. The van der Waals surface area contributed by atoms with Crippen molar-refractivity contribution in [3.05, 3.63) is 78.7 Å². The predicted octanol–water partition coefficient (Wildman–Crippen LogP) is 2.65. The average molecular weight is 414 g/mol. The maximum Gasteiger partial charge on any atom is 0.344 e. The highest BCUT2D eigenvalue weighted by atomic mass is 32.2. The summed E-state index contributed by atoms with van der Waals surface area (Å²) in [5.41, 5.74) is 4.42. The molecule has 11 nitrogen and oxygen atoms in total. The van der Waals surface area contributed by atoms with Crippen LogP contribution in [0.15, 0.2) is 52.4 Å². The first-order valence-corrected chi connectivity index (χ1v) is 8.59. The van der Waals surface area contributed by atoms with E-state index in [1.807, 2.05) is 0 Å². The molecule has 1 amide bonds. The molecule has 1 aliphatic rings. The highest BCUT2D eigenvalue weighted by Gasteiger charge is 2.22. The molecule has 2 aromatic carbocycles. The van der Waals surface area contributed by atoms with E-state index < -0.39 is 33.1 Å². The fraction of sp³-hybridized carbons (Fsp3) is 0. The number of carbonyl (C=O) groups excluding carboxylic acids is 2. The maximum atomic E-state index is 12.3. The van der Waals surface area contributed by atoms with E-state index in [2.05, 4.69) is 4.99 Å². The van der Waals surface area contributed by atoms with Crippen molar-refractivity contribution >= 4 is 46.3 Å². The molecule has 29 heavy (non-hydrogen) atoms. The molecule has 0 fully saturated rings. The van der Waals surface area contributed by atoms with E-state index in [-0.39, 0.29) is 16.5 Å². The van der Waals surface area contributed by atoms with Crippen molar-refractivity contribution in [2.45, 2.75) is 0 Å². The summed E-state index contributed by atoms with van der Waals surface area (Å²) >= 11 is 0.998. The number of hydrogen-bond acceptors (Lipinski definition) is 9. The topological polar surface area (TPSA) is 168 Å². The van der Waals surface area contributed by atoms with E-state index in [0.717, 1.165) is 30.0 Å². The number of esters is 1. The van der Waals surface area contributed by atoms with Gasteiger partial charge in [-0.05, 0) is 35.5 Å². The predicted molar refractivity (Wildman–Crippen MR) is 103 cm³/mol. The van der Waals surface area contributed by atoms with Gasteiger partial charge in [0, 0.05) is 12.1 Å². The van der Waals surface area contributed by atoms with Crippen LogP contribution >= 0.6 is 11.8 Å². The Kier molecular flexibility index (Phi) is 5.36. The minimum Gasteiger partial charge on any atom is -0.423 e. The van der Waals surface area contributed by atoms with Crippen LogP contribution in [-0.2, 0) is 4.79 Å². The van der Waals surface area contributed by atoms with Crippen LogP contribution in [-0.4, -0.2) is 26.9 Å². The number of nitro groups is 2. The molecule has 0 aliphatic carbocycles. The molecular formula is C17H10N4O7S. The van der Waals surface area contributed by atoms with Crippen LogP contribution in [0.2, 0.25) is 0 Å². The number of nitrogens with zero attached hydrogens (tertiary/aromatic N) is 3. The van der Waals surface area contributed by atoms with E-state index in [4.69, 9.17) is 10.5 Å². The summed E-state index contributed by atoms with van der Waals surface area (Å²) in [5.74, 6) is -1.43. The summed E-state index contributed by atoms with van der Waals surface area (Å²) in [7, 11) is 0. The first kappa shape index (κ1) is 19.7. The molecule has 0 atom stereocenters. The smallest absolute Gasteiger partial charge is 0.344 e. The molecule has 0 saturated heterocycles. The molecule has 1 aliphatic heterocycles. The molecule has 0 aromatic heterocycles. The quantitative estimate of drug-likeness (QED) is 0.254. The Labute approximate surface area is 166 Å². The SMILES string of the molecule is NC1=NC(=O)C(=Cc2cccc(OC(=O)c3cc([N+](=O)[O-])cc([N+](=O)[O-])c3)c2)S1. The highest BCUT2D eigenvalue weighted by molar-refractivity contribution is 8.18. The summed E-state index contributed by atoms with van der Waals surface area (Å²) in [6.45, 7) is 0. The van der Waals surface area contributed by atoms with Gasteiger partial charge in [-0.2, -0.15) is 4.99 Å². The lowest BCUT2D eigenvalue weighted by molar-refractivity contribution is -0.394. The number of ether oxygens (including phenoxy) is 1. The number of aliphatic imine (C=N–C) groups is 1. The number of thioether (sulfide) groups is 1. The Morgan fingerprint density at radius 1 is 1.10 bits per heavy atom. The zero-order valence-corrected chi connectivity index (χ0v) is 15.1. The molecule has 2 N–H and O–H groups in total. The van der Waals surface area contributed by atoms with E-state index >= 15 is 0 Å². The van der Waals surface area contributed by atoms with E-state index in [1.54, 1.807) is 12.1 Å². The number of nitrogens with two attached hydrogens (primary N) is 1. The van der Waals surface area contributed by atoms with E-state index in [9.17, 15) is 29.8 Å². The third-order valence-corrected chi connectivity index (χ3v) is 4.38. The summed E-state index contributed by atoms with van der Waals surface area (Å²) < 4.78 is 5.16. The number of hydrogen-bond donors (Lipinski definition) is 1. The van der Waals surface area contributed by atoms with Gasteiger partial charge in [0.25, 0.3) is 17.3 Å². The number of rotatable bonds is 5. The lowest BCUT2D eigenvalue weighted by Gasteiger charge is -2.06. The van der Waals surface area contributed by atoms with Crippen molar-refractivity contribution in [2.75, 3.05) is 0 Å². The molecular weight excluding hydrogens is 404 g/mol. The van der Waals surface area contributed by atoms with Crippen LogP contribution in [0.25, 0.3) is 6.08 Å². The van der Waals surface area contributed by atoms with Crippen molar-refractivity contribution in [1.29, 1.82) is 0 Å². The molecule has 3 rings (SSSR count). The van der Waals surface area contributed by atoms with Gasteiger partial charge in [-0.25, -0.2) is 4.79 Å². The van der Waals surface area contributed by atoms with Crippen molar-refractivity contribution in [3.8, 4) is 5.75 Å². The number of amides is 1. The van der Waals surface area contributed by atoms with Gasteiger partial charge in [0.1, 0.15) is 5.75 Å². The first-order chi connectivity index (χ1) is 13.7. The molecule has 0 radical (unpaired) electrons. The highest BCUT2D eigenvalue weighted by Crippen LogP contribution is 2.28. The molecule has 146 valence electrons. The van der Waals surface area contributed by atoms with Gasteiger partial charge in [-0.1, -0.05) is 12.1 Å².